The minimum absolute atomic E-state index is 0.208. The van der Waals surface area contributed by atoms with Crippen LogP contribution in [0.5, 0.6) is 0 Å². The zero-order valence-electron chi connectivity index (χ0n) is 20.6. The van der Waals surface area contributed by atoms with Gasteiger partial charge in [-0.3, -0.25) is 9.59 Å². The van der Waals surface area contributed by atoms with E-state index in [2.05, 4.69) is 4.74 Å². The topological polar surface area (TPSA) is 107 Å². The fraction of sp³-hybridized carbons (Fsp3) is 0.864. The highest BCUT2D eigenvalue weighted by Gasteiger charge is 2.65. The van der Waals surface area contributed by atoms with E-state index in [-0.39, 0.29) is 5.92 Å². The first-order valence-electron chi connectivity index (χ1n) is 11.6. The Morgan fingerprint density at radius 3 is 2.05 bits per heavy atom. The Balaban J connectivity index is 1.60. The number of esters is 3. The molecule has 0 aromatic rings. The smallest absolute Gasteiger partial charge is 0.434 e. The second kappa shape index (κ2) is 10.2. The fourth-order valence-electron chi connectivity index (χ4n) is 4.59. The van der Waals surface area contributed by atoms with Crippen LogP contribution in [0.1, 0.15) is 47.5 Å². The molecule has 0 N–H and O–H groups in total. The number of hydrogen-bond donors (Lipinski definition) is 0. The summed E-state index contributed by atoms with van der Waals surface area (Å²) in [6, 6.07) is 0. The van der Waals surface area contributed by atoms with Crippen molar-refractivity contribution in [1.82, 2.24) is 0 Å². The monoisotopic (exact) mass is 550 g/mol. The average molecular weight is 550 g/mol. The van der Waals surface area contributed by atoms with Crippen molar-refractivity contribution >= 4 is 17.9 Å². The molecule has 3 aliphatic rings. The van der Waals surface area contributed by atoms with Crippen molar-refractivity contribution in [3.05, 3.63) is 0 Å². The van der Waals surface area contributed by atoms with Gasteiger partial charge in [-0.1, -0.05) is 27.7 Å². The van der Waals surface area contributed by atoms with Gasteiger partial charge in [-0.05, 0) is 19.3 Å². The fourth-order valence-corrected chi connectivity index (χ4v) is 4.59. The molecule has 3 rings (SSSR count). The number of fused-ring (bicyclic) bond motifs is 3. The minimum Gasteiger partial charge on any atom is -0.454 e. The van der Waals surface area contributed by atoms with Crippen molar-refractivity contribution in [2.45, 2.75) is 102 Å². The second-order valence-electron chi connectivity index (χ2n) is 10.1. The Labute approximate surface area is 208 Å². The van der Waals surface area contributed by atoms with Crippen molar-refractivity contribution in [2.75, 3.05) is 0 Å². The van der Waals surface area contributed by atoms with Crippen LogP contribution in [0.25, 0.3) is 0 Å². The molecule has 8 unspecified atom stereocenters. The highest BCUT2D eigenvalue weighted by atomic mass is 19.4. The van der Waals surface area contributed by atoms with Gasteiger partial charge in [0.15, 0.2) is 24.3 Å². The first-order chi connectivity index (χ1) is 16.8. The van der Waals surface area contributed by atoms with Gasteiger partial charge in [0.2, 0.25) is 6.10 Å². The predicted octanol–water partition coefficient (Wildman–Crippen LogP) is 3.42. The predicted molar refractivity (Wildman–Crippen MR) is 107 cm³/mol. The Morgan fingerprint density at radius 2 is 1.51 bits per heavy atom. The summed E-state index contributed by atoms with van der Waals surface area (Å²) < 4.78 is 108. The summed E-state index contributed by atoms with van der Waals surface area (Å²) in [5.41, 5.74) is 0. The van der Waals surface area contributed by atoms with Crippen molar-refractivity contribution in [3.8, 4) is 0 Å². The summed E-state index contributed by atoms with van der Waals surface area (Å²) >= 11 is 0. The third-order valence-corrected chi connectivity index (χ3v) is 6.12. The summed E-state index contributed by atoms with van der Waals surface area (Å²) in [5, 5.41) is 0. The van der Waals surface area contributed by atoms with Crippen molar-refractivity contribution in [1.29, 1.82) is 0 Å². The van der Waals surface area contributed by atoms with Gasteiger partial charge in [-0.2, -0.15) is 26.3 Å². The number of rotatable bonds is 8. The molecule has 212 valence electrons. The number of hydrogen-bond acceptors (Lipinski definition) is 9. The average Bonchev–Trinajstić information content (AvgIpc) is 3.31. The van der Waals surface area contributed by atoms with Gasteiger partial charge in [0, 0.05) is 6.42 Å². The molecule has 0 spiro atoms. The normalized spacial score (nSPS) is 33.2. The van der Waals surface area contributed by atoms with Crippen molar-refractivity contribution in [3.63, 3.8) is 0 Å². The van der Waals surface area contributed by atoms with Gasteiger partial charge in [-0.15, -0.1) is 0 Å². The lowest BCUT2D eigenvalue weighted by Crippen LogP contribution is -2.47. The van der Waals surface area contributed by atoms with E-state index in [4.69, 9.17) is 23.7 Å². The van der Waals surface area contributed by atoms with E-state index < -0.39 is 91.1 Å². The molecule has 0 amide bonds. The molecule has 0 radical (unpaired) electrons. The van der Waals surface area contributed by atoms with Gasteiger partial charge >= 0.3 is 30.3 Å². The second-order valence-corrected chi connectivity index (χ2v) is 10.1. The number of carbonyl (C=O) groups is 3. The zero-order chi connectivity index (χ0) is 28.1. The van der Waals surface area contributed by atoms with Crippen LogP contribution in [0.3, 0.4) is 0 Å². The van der Waals surface area contributed by atoms with E-state index >= 15 is 0 Å². The molecule has 0 bridgehead atoms. The molecule has 9 nitrogen and oxygen atoms in total. The molecule has 0 aromatic carbocycles. The minimum atomic E-state index is -5.85. The summed E-state index contributed by atoms with van der Waals surface area (Å²) in [6.45, 7) is 7.83. The van der Waals surface area contributed by atoms with Crippen molar-refractivity contribution in [2.24, 2.45) is 17.8 Å². The quantitative estimate of drug-likeness (QED) is 0.255. The van der Waals surface area contributed by atoms with Crippen LogP contribution in [-0.2, 0) is 42.8 Å². The molecule has 3 aliphatic heterocycles. The maximum Gasteiger partial charge on any atom is 0.434 e. The van der Waals surface area contributed by atoms with Crippen LogP contribution < -0.4 is 0 Å². The molecule has 0 aliphatic carbocycles. The van der Waals surface area contributed by atoms with Crippen LogP contribution in [-0.4, -0.2) is 72.9 Å². The number of alkyl halides is 6. The molecular formula is C22H28F6O9. The van der Waals surface area contributed by atoms with Crippen LogP contribution >= 0.6 is 0 Å². The van der Waals surface area contributed by atoms with E-state index in [1.807, 2.05) is 13.8 Å². The number of carbonyl (C=O) groups excluding carboxylic acids is 3. The summed E-state index contributed by atoms with van der Waals surface area (Å²) in [7, 11) is 0. The number of halogens is 6. The molecule has 3 heterocycles. The highest BCUT2D eigenvalue weighted by Crippen LogP contribution is 2.45. The largest absolute Gasteiger partial charge is 0.454 e. The van der Waals surface area contributed by atoms with E-state index in [0.29, 0.717) is 6.42 Å². The lowest BCUT2D eigenvalue weighted by atomic mass is 9.99. The van der Waals surface area contributed by atoms with E-state index in [0.717, 1.165) is 6.92 Å². The Morgan fingerprint density at radius 1 is 0.919 bits per heavy atom. The molecule has 3 fully saturated rings. The molecule has 0 aromatic heterocycles. The molecule has 15 heteroatoms. The van der Waals surface area contributed by atoms with Gasteiger partial charge in [0.05, 0.1) is 11.8 Å². The number of ether oxygens (including phenoxy) is 6. The van der Waals surface area contributed by atoms with Crippen molar-refractivity contribution < 1.29 is 69.1 Å². The third kappa shape index (κ3) is 6.48. The molecule has 8 atom stereocenters. The standard InChI is InChI=1S/C22H28F6O9/c1-8(2)6-9(3)15(29)33-13-11-12(32-17(13)31)14-18(34-11)37-20(5,36-14)7-10(4)16(30)35-19(21(23,24)25)22(26,27)28/h8-14,18-19H,6-7H2,1-5H3. The maximum atomic E-state index is 12.7. The zero-order valence-corrected chi connectivity index (χ0v) is 20.6. The van der Waals surface area contributed by atoms with Gasteiger partial charge in [0.25, 0.3) is 6.10 Å². The van der Waals surface area contributed by atoms with Crippen LogP contribution in [0.4, 0.5) is 26.3 Å². The van der Waals surface area contributed by atoms with Gasteiger partial charge in [0.1, 0.15) is 6.10 Å². The van der Waals surface area contributed by atoms with E-state index in [1.165, 1.54) is 6.92 Å². The Hall–Kier alpha value is -2.13. The molecule has 37 heavy (non-hydrogen) atoms. The summed E-state index contributed by atoms with van der Waals surface area (Å²) in [5.74, 6) is -6.73. The van der Waals surface area contributed by atoms with Gasteiger partial charge in [-0.25, -0.2) is 4.79 Å². The Bertz CT molecular complexity index is 877. The third-order valence-electron chi connectivity index (χ3n) is 6.12. The van der Waals surface area contributed by atoms with Gasteiger partial charge < -0.3 is 28.4 Å². The first kappa shape index (κ1) is 29.4. The lowest BCUT2D eigenvalue weighted by Gasteiger charge is -2.29. The lowest BCUT2D eigenvalue weighted by molar-refractivity contribution is -0.314. The highest BCUT2D eigenvalue weighted by molar-refractivity contribution is 5.83. The Kier molecular flexibility index (Phi) is 8.12. The first-order valence-corrected chi connectivity index (χ1v) is 11.6. The SMILES string of the molecule is CC(C)CC(C)C(=O)OC1C(=O)OC2C3OC(C)(CC(C)C(=O)OC(C(F)(F)F)C(F)(F)F)OC3OC12. The van der Waals surface area contributed by atoms with E-state index in [1.54, 1.807) is 6.92 Å². The van der Waals surface area contributed by atoms with Crippen LogP contribution in [0.2, 0.25) is 0 Å². The van der Waals surface area contributed by atoms with Crippen LogP contribution in [0, 0.1) is 17.8 Å². The van der Waals surface area contributed by atoms with Crippen LogP contribution in [0.15, 0.2) is 0 Å². The summed E-state index contributed by atoms with van der Waals surface area (Å²) in [4.78, 5) is 36.7. The van der Waals surface area contributed by atoms with E-state index in [9.17, 15) is 40.7 Å². The molecular weight excluding hydrogens is 522 g/mol. The molecule has 0 saturated carbocycles. The molecule has 3 saturated heterocycles. The summed E-state index contributed by atoms with van der Waals surface area (Å²) in [6.07, 6.45) is -21.6. The maximum absolute atomic E-state index is 12.7.